The van der Waals surface area contributed by atoms with Gasteiger partial charge in [-0.1, -0.05) is 12.5 Å². The molecule has 0 bridgehead atoms. The van der Waals surface area contributed by atoms with Crippen LogP contribution in [0.3, 0.4) is 0 Å². The number of nitrogens with zero attached hydrogens (tertiary/aromatic N) is 6. The molecule has 252 valence electrons. The molecular weight excluding hydrogens is 656 g/mol. The van der Waals surface area contributed by atoms with E-state index in [4.69, 9.17) is 9.72 Å². The van der Waals surface area contributed by atoms with Gasteiger partial charge in [0.1, 0.15) is 16.5 Å². The maximum absolute atomic E-state index is 14.4. The summed E-state index contributed by atoms with van der Waals surface area (Å²) in [6, 6.07) is 4.75. The van der Waals surface area contributed by atoms with Crippen LogP contribution in [0, 0.1) is 5.92 Å². The second kappa shape index (κ2) is 15.9. The number of benzene rings is 1. The average Bonchev–Trinajstić information content (AvgIpc) is 3.47. The van der Waals surface area contributed by atoms with Crippen molar-refractivity contribution in [3.8, 4) is 11.3 Å². The molecule has 0 spiro atoms. The van der Waals surface area contributed by atoms with Gasteiger partial charge in [0.2, 0.25) is 0 Å². The number of carboxylic acids is 1. The van der Waals surface area contributed by atoms with Crippen molar-refractivity contribution in [2.24, 2.45) is 5.92 Å². The van der Waals surface area contributed by atoms with Crippen LogP contribution >= 0.6 is 11.3 Å². The Bertz CT molecular complexity index is 1580. The van der Waals surface area contributed by atoms with E-state index in [1.54, 1.807) is 11.0 Å². The molecule has 2 aromatic heterocycles. The zero-order valence-electron chi connectivity index (χ0n) is 27.3. The molecule has 5 heterocycles. The molecular formula is C33H38F3N6NaO4S. The number of carbonyl (C=O) groups is 2. The molecule has 0 amide bonds. The SMILES string of the molecule is C[C@@H]1CCCCN1Cc1sc(CC(=O)c2cnc(N3CCC(C(=O)[O-])CC3)cn2)nc1-c1ccc(N2CCOCC2)c(C(F)(F)F)c1.[Na+]. The molecule has 0 aliphatic carbocycles. The van der Waals surface area contributed by atoms with Crippen LogP contribution in [0.25, 0.3) is 11.3 Å². The van der Waals surface area contributed by atoms with Gasteiger partial charge in [0.15, 0.2) is 5.78 Å². The number of likely N-dealkylation sites (tertiary alicyclic amines) is 1. The standard InChI is InChI=1S/C33H39F3N6O4S.Na/c1-21-4-2-3-9-42(21)20-28-31(23-5-6-26(24(16-23)33(34,35)36)40-12-14-46-15-13-40)39-30(47-28)17-27(43)25-18-38-29(19-37-25)41-10-7-22(8-11-41)32(44)45;/h5-6,16,18-19,21-22H,2-4,7-15,17,20H2,1H3,(H,44,45);/q;+1/p-1/t21-;/m1./s1. The monoisotopic (exact) mass is 694 g/mol. The fourth-order valence-corrected chi connectivity index (χ4v) is 7.69. The van der Waals surface area contributed by atoms with Crippen molar-refractivity contribution in [3.63, 3.8) is 0 Å². The number of aliphatic carboxylic acids is 1. The Balaban J connectivity index is 0.00000451. The molecule has 0 N–H and O–H groups in total. The summed E-state index contributed by atoms with van der Waals surface area (Å²) >= 11 is 1.36. The summed E-state index contributed by atoms with van der Waals surface area (Å²) in [5.41, 5.74) is 0.424. The first-order chi connectivity index (χ1) is 22.6. The van der Waals surface area contributed by atoms with Crippen molar-refractivity contribution >= 4 is 34.6 Å². The number of aromatic nitrogens is 3. The molecule has 3 fully saturated rings. The summed E-state index contributed by atoms with van der Waals surface area (Å²) in [4.78, 5) is 44.8. The Hall–Kier alpha value is -2.62. The van der Waals surface area contributed by atoms with E-state index in [0.717, 1.165) is 30.7 Å². The third-order valence-corrected chi connectivity index (χ3v) is 10.4. The number of hydrogen-bond donors (Lipinski definition) is 0. The minimum atomic E-state index is -4.56. The Morgan fingerprint density at radius 3 is 2.40 bits per heavy atom. The van der Waals surface area contributed by atoms with Crippen LogP contribution in [-0.4, -0.2) is 83.6 Å². The maximum atomic E-state index is 14.4. The summed E-state index contributed by atoms with van der Waals surface area (Å²) in [7, 11) is 0. The van der Waals surface area contributed by atoms with Crippen molar-refractivity contribution in [1.82, 2.24) is 19.9 Å². The number of morpholine rings is 1. The largest absolute Gasteiger partial charge is 1.00 e. The number of hydrogen-bond acceptors (Lipinski definition) is 11. The minimum absolute atomic E-state index is 0. The number of alkyl halides is 3. The minimum Gasteiger partial charge on any atom is -0.550 e. The van der Waals surface area contributed by atoms with Gasteiger partial charge in [-0.15, -0.1) is 11.3 Å². The molecule has 3 saturated heterocycles. The first-order valence-electron chi connectivity index (χ1n) is 16.1. The number of thiazole rings is 1. The zero-order valence-corrected chi connectivity index (χ0v) is 30.1. The first kappa shape index (κ1) is 36.7. The van der Waals surface area contributed by atoms with Crippen molar-refractivity contribution in [2.75, 3.05) is 55.7 Å². The summed E-state index contributed by atoms with van der Waals surface area (Å²) in [5, 5.41) is 11.7. The predicted molar refractivity (Wildman–Crippen MR) is 169 cm³/mol. The summed E-state index contributed by atoms with van der Waals surface area (Å²) < 4.78 is 48.6. The van der Waals surface area contributed by atoms with Gasteiger partial charge >= 0.3 is 35.7 Å². The van der Waals surface area contributed by atoms with Gasteiger partial charge in [0, 0.05) is 66.8 Å². The second-order valence-corrected chi connectivity index (χ2v) is 13.6. The molecule has 3 aliphatic heterocycles. The molecule has 0 radical (unpaired) electrons. The Morgan fingerprint density at radius 1 is 1.00 bits per heavy atom. The molecule has 3 aromatic rings. The molecule has 10 nitrogen and oxygen atoms in total. The second-order valence-electron chi connectivity index (χ2n) is 12.5. The van der Waals surface area contributed by atoms with E-state index in [2.05, 4.69) is 21.8 Å². The van der Waals surface area contributed by atoms with Gasteiger partial charge in [-0.3, -0.25) is 9.69 Å². The van der Waals surface area contributed by atoms with Gasteiger partial charge in [-0.25, -0.2) is 15.0 Å². The third kappa shape index (κ3) is 8.56. The van der Waals surface area contributed by atoms with E-state index in [-0.39, 0.29) is 53.1 Å². The Labute approximate surface area is 304 Å². The van der Waals surface area contributed by atoms with Crippen LogP contribution in [0.1, 0.15) is 65.0 Å². The van der Waals surface area contributed by atoms with E-state index in [0.29, 0.717) is 86.9 Å². The molecule has 3 aliphatic rings. The van der Waals surface area contributed by atoms with E-state index >= 15 is 0 Å². The molecule has 15 heteroatoms. The molecule has 1 atom stereocenters. The van der Waals surface area contributed by atoms with Gasteiger partial charge in [-0.05, 0) is 51.3 Å². The van der Waals surface area contributed by atoms with Gasteiger partial charge in [-0.2, -0.15) is 13.2 Å². The van der Waals surface area contributed by atoms with Crippen LogP contribution in [0.15, 0.2) is 30.6 Å². The van der Waals surface area contributed by atoms with E-state index in [1.165, 1.54) is 35.9 Å². The van der Waals surface area contributed by atoms with Crippen molar-refractivity contribution in [1.29, 1.82) is 0 Å². The van der Waals surface area contributed by atoms with E-state index < -0.39 is 23.6 Å². The summed E-state index contributed by atoms with van der Waals surface area (Å²) in [6.07, 6.45) is 2.46. The number of rotatable bonds is 9. The van der Waals surface area contributed by atoms with Gasteiger partial charge < -0.3 is 24.4 Å². The van der Waals surface area contributed by atoms with Crippen LogP contribution in [0.2, 0.25) is 0 Å². The number of anilines is 2. The predicted octanol–water partition coefficient (Wildman–Crippen LogP) is 1.23. The van der Waals surface area contributed by atoms with Crippen LogP contribution < -0.4 is 44.5 Å². The Morgan fingerprint density at radius 2 is 1.75 bits per heavy atom. The van der Waals surface area contributed by atoms with E-state index in [9.17, 15) is 27.9 Å². The fraction of sp³-hybridized carbons (Fsp3) is 0.545. The summed E-state index contributed by atoms with van der Waals surface area (Å²) in [5.74, 6) is -1.25. The number of piperidine rings is 2. The number of ether oxygens (including phenoxy) is 1. The topological polar surface area (TPSA) is 115 Å². The van der Waals surface area contributed by atoms with Crippen LogP contribution in [0.4, 0.5) is 24.7 Å². The van der Waals surface area contributed by atoms with E-state index in [1.807, 2.05) is 4.90 Å². The number of Topliss-reactive ketones (excluding diaryl/α,β-unsaturated/α-hetero) is 1. The molecule has 0 saturated carbocycles. The number of halogens is 3. The maximum Gasteiger partial charge on any atom is 1.00 e. The van der Waals surface area contributed by atoms with Gasteiger partial charge in [0.05, 0.1) is 43.3 Å². The fourth-order valence-electron chi connectivity index (χ4n) is 6.58. The first-order valence-corrected chi connectivity index (χ1v) is 17.0. The number of carbonyl (C=O) groups excluding carboxylic acids is 2. The average molecular weight is 695 g/mol. The zero-order chi connectivity index (χ0) is 33.1. The number of ketones is 1. The van der Waals surface area contributed by atoms with Crippen molar-refractivity contribution in [3.05, 3.63) is 51.7 Å². The number of carboxylic acid groups (broad SMARTS) is 1. The van der Waals surface area contributed by atoms with Crippen LogP contribution in [-0.2, 0) is 28.7 Å². The smallest absolute Gasteiger partial charge is 0.550 e. The molecule has 0 unspecified atom stereocenters. The molecule has 48 heavy (non-hydrogen) atoms. The van der Waals surface area contributed by atoms with Crippen LogP contribution in [0.5, 0.6) is 0 Å². The normalized spacial score (nSPS) is 19.6. The quantitative estimate of drug-likeness (QED) is 0.240. The van der Waals surface area contributed by atoms with Crippen molar-refractivity contribution < 1.29 is 62.2 Å². The Kier molecular flexibility index (Phi) is 12.2. The summed E-state index contributed by atoms with van der Waals surface area (Å²) in [6.45, 7) is 6.12. The third-order valence-electron chi connectivity index (χ3n) is 9.34. The molecule has 6 rings (SSSR count). The molecule has 1 aromatic carbocycles. The van der Waals surface area contributed by atoms with Crippen molar-refractivity contribution in [2.45, 2.75) is 64.2 Å². The van der Waals surface area contributed by atoms with Gasteiger partial charge in [0.25, 0.3) is 0 Å².